The number of halogens is 5. The Morgan fingerprint density at radius 1 is 1.00 bits per heavy atom. The van der Waals surface area contributed by atoms with Crippen molar-refractivity contribution in [1.82, 2.24) is 0 Å². The first-order chi connectivity index (χ1) is 9.77. The van der Waals surface area contributed by atoms with E-state index in [0.29, 0.717) is 15.6 Å². The SMILES string of the molecule is O=C(Cc1cc(Cl)ccc1Cl)c1ccc(C(F)(F)F)cc1. The molecule has 0 heterocycles. The summed E-state index contributed by atoms with van der Waals surface area (Å²) in [6.45, 7) is 0. The van der Waals surface area contributed by atoms with Crippen LogP contribution < -0.4 is 0 Å². The Hall–Kier alpha value is -1.52. The van der Waals surface area contributed by atoms with Crippen molar-refractivity contribution in [3.05, 3.63) is 69.2 Å². The van der Waals surface area contributed by atoms with Gasteiger partial charge in [-0.15, -0.1) is 0 Å². The van der Waals surface area contributed by atoms with Crippen LogP contribution in [-0.2, 0) is 12.6 Å². The molecule has 2 aromatic carbocycles. The van der Waals surface area contributed by atoms with Gasteiger partial charge in [0, 0.05) is 22.0 Å². The van der Waals surface area contributed by atoms with Crippen molar-refractivity contribution in [2.45, 2.75) is 12.6 Å². The van der Waals surface area contributed by atoms with Crippen LogP contribution in [0.3, 0.4) is 0 Å². The molecule has 0 N–H and O–H groups in total. The van der Waals surface area contributed by atoms with Gasteiger partial charge in [-0.25, -0.2) is 0 Å². The molecule has 110 valence electrons. The number of Topliss-reactive ketones (excluding diaryl/α,β-unsaturated/α-hetero) is 1. The van der Waals surface area contributed by atoms with Gasteiger partial charge in [-0.05, 0) is 35.9 Å². The van der Waals surface area contributed by atoms with E-state index in [1.54, 1.807) is 18.2 Å². The number of alkyl halides is 3. The van der Waals surface area contributed by atoms with Gasteiger partial charge in [0.15, 0.2) is 5.78 Å². The number of rotatable bonds is 3. The zero-order valence-electron chi connectivity index (χ0n) is 10.5. The van der Waals surface area contributed by atoms with Crippen molar-refractivity contribution >= 4 is 29.0 Å². The molecule has 0 aliphatic carbocycles. The highest BCUT2D eigenvalue weighted by atomic mass is 35.5. The molecule has 0 unspecified atom stereocenters. The number of ketones is 1. The fourth-order valence-electron chi connectivity index (χ4n) is 1.80. The van der Waals surface area contributed by atoms with Gasteiger partial charge in [0.05, 0.1) is 5.56 Å². The van der Waals surface area contributed by atoms with Crippen LogP contribution in [0, 0.1) is 0 Å². The minimum Gasteiger partial charge on any atom is -0.294 e. The lowest BCUT2D eigenvalue weighted by atomic mass is 10.0. The van der Waals surface area contributed by atoms with Crippen molar-refractivity contribution in [3.63, 3.8) is 0 Å². The number of benzene rings is 2. The molecule has 0 radical (unpaired) electrons. The van der Waals surface area contributed by atoms with Gasteiger partial charge < -0.3 is 0 Å². The average Bonchev–Trinajstić information content (AvgIpc) is 2.42. The van der Waals surface area contributed by atoms with E-state index in [1.807, 2.05) is 0 Å². The monoisotopic (exact) mass is 332 g/mol. The largest absolute Gasteiger partial charge is 0.416 e. The maximum Gasteiger partial charge on any atom is 0.416 e. The Morgan fingerprint density at radius 2 is 1.62 bits per heavy atom. The summed E-state index contributed by atoms with van der Waals surface area (Å²) in [6, 6.07) is 8.80. The number of carbonyl (C=O) groups is 1. The van der Waals surface area contributed by atoms with Crippen LogP contribution in [0.4, 0.5) is 13.2 Å². The predicted octanol–water partition coefficient (Wildman–Crippen LogP) is 5.44. The molecule has 2 rings (SSSR count). The summed E-state index contributed by atoms with van der Waals surface area (Å²) >= 11 is 11.8. The first kappa shape index (κ1) is 15.9. The topological polar surface area (TPSA) is 17.1 Å². The molecule has 0 bridgehead atoms. The summed E-state index contributed by atoms with van der Waals surface area (Å²) < 4.78 is 37.3. The average molecular weight is 333 g/mol. The van der Waals surface area contributed by atoms with E-state index in [0.717, 1.165) is 24.3 Å². The summed E-state index contributed by atoms with van der Waals surface area (Å²) in [5.74, 6) is -0.326. The third kappa shape index (κ3) is 3.99. The zero-order chi connectivity index (χ0) is 15.6. The van der Waals surface area contributed by atoms with Gasteiger partial charge in [-0.3, -0.25) is 4.79 Å². The molecule has 0 aromatic heterocycles. The highest BCUT2D eigenvalue weighted by molar-refractivity contribution is 6.33. The van der Waals surface area contributed by atoms with Crippen LogP contribution in [0.1, 0.15) is 21.5 Å². The van der Waals surface area contributed by atoms with Crippen molar-refractivity contribution in [2.75, 3.05) is 0 Å². The predicted molar refractivity (Wildman–Crippen MR) is 75.9 cm³/mol. The lowest BCUT2D eigenvalue weighted by Gasteiger charge is -2.08. The van der Waals surface area contributed by atoms with Crippen molar-refractivity contribution in [3.8, 4) is 0 Å². The van der Waals surface area contributed by atoms with Gasteiger partial charge in [-0.2, -0.15) is 13.2 Å². The van der Waals surface area contributed by atoms with E-state index in [9.17, 15) is 18.0 Å². The molecule has 21 heavy (non-hydrogen) atoms. The minimum absolute atomic E-state index is 0.0231. The quantitative estimate of drug-likeness (QED) is 0.684. The number of hydrogen-bond acceptors (Lipinski definition) is 1. The molecule has 0 aliphatic heterocycles. The van der Waals surface area contributed by atoms with Crippen LogP contribution in [0.25, 0.3) is 0 Å². The van der Waals surface area contributed by atoms with Gasteiger partial charge in [0.1, 0.15) is 0 Å². The Bertz CT molecular complexity index is 664. The molecule has 0 fully saturated rings. The van der Waals surface area contributed by atoms with Crippen molar-refractivity contribution < 1.29 is 18.0 Å². The molecule has 2 aromatic rings. The Labute approximate surface area is 129 Å². The lowest BCUT2D eigenvalue weighted by Crippen LogP contribution is -2.07. The fraction of sp³-hybridized carbons (Fsp3) is 0.133. The van der Waals surface area contributed by atoms with E-state index in [1.165, 1.54) is 0 Å². The van der Waals surface area contributed by atoms with Crippen LogP contribution in [0.15, 0.2) is 42.5 Å². The summed E-state index contributed by atoms with van der Waals surface area (Å²) in [5, 5.41) is 0.828. The third-order valence-electron chi connectivity index (χ3n) is 2.89. The van der Waals surface area contributed by atoms with E-state index in [4.69, 9.17) is 23.2 Å². The molecule has 0 amide bonds. The van der Waals surface area contributed by atoms with Crippen LogP contribution >= 0.6 is 23.2 Å². The molecule has 6 heteroatoms. The summed E-state index contributed by atoms with van der Waals surface area (Å²) in [5.41, 5.74) is -0.0621. The Balaban J connectivity index is 2.19. The molecule has 0 atom stereocenters. The molecular weight excluding hydrogens is 324 g/mol. The third-order valence-corrected chi connectivity index (χ3v) is 3.50. The molecule has 0 spiro atoms. The van der Waals surface area contributed by atoms with Gasteiger partial charge in [0.2, 0.25) is 0 Å². The molecule has 0 saturated heterocycles. The minimum atomic E-state index is -4.42. The normalized spacial score (nSPS) is 11.5. The summed E-state index contributed by atoms with van der Waals surface area (Å²) in [6.07, 6.45) is -4.44. The second kappa shape index (κ2) is 6.08. The maximum atomic E-state index is 12.4. The Morgan fingerprint density at radius 3 is 2.19 bits per heavy atom. The van der Waals surface area contributed by atoms with Gasteiger partial charge in [-0.1, -0.05) is 35.3 Å². The second-order valence-corrected chi connectivity index (χ2v) is 5.25. The fourth-order valence-corrected chi connectivity index (χ4v) is 2.18. The highest BCUT2D eigenvalue weighted by Gasteiger charge is 2.30. The standard InChI is InChI=1S/C15H9Cl2F3O/c16-12-5-6-13(17)10(7-12)8-14(21)9-1-3-11(4-2-9)15(18,19)20/h1-7H,8H2. The molecule has 0 saturated carbocycles. The number of carbonyl (C=O) groups excluding carboxylic acids is 1. The van der Waals surface area contributed by atoms with E-state index in [2.05, 4.69) is 0 Å². The lowest BCUT2D eigenvalue weighted by molar-refractivity contribution is -0.137. The van der Waals surface area contributed by atoms with Gasteiger partial charge in [0.25, 0.3) is 0 Å². The van der Waals surface area contributed by atoms with E-state index in [-0.39, 0.29) is 17.8 Å². The zero-order valence-corrected chi connectivity index (χ0v) is 12.1. The maximum absolute atomic E-state index is 12.4. The highest BCUT2D eigenvalue weighted by Crippen LogP contribution is 2.29. The Kier molecular flexibility index (Phi) is 4.59. The van der Waals surface area contributed by atoms with Crippen molar-refractivity contribution in [1.29, 1.82) is 0 Å². The van der Waals surface area contributed by atoms with Crippen LogP contribution in [0.5, 0.6) is 0 Å². The van der Waals surface area contributed by atoms with Crippen molar-refractivity contribution in [2.24, 2.45) is 0 Å². The molecule has 0 aliphatic rings. The smallest absolute Gasteiger partial charge is 0.294 e. The van der Waals surface area contributed by atoms with Crippen LogP contribution in [0.2, 0.25) is 10.0 Å². The second-order valence-electron chi connectivity index (χ2n) is 4.41. The van der Waals surface area contributed by atoms with E-state index < -0.39 is 11.7 Å². The summed E-state index contributed by atoms with van der Waals surface area (Å²) in [7, 11) is 0. The summed E-state index contributed by atoms with van der Waals surface area (Å²) in [4.78, 5) is 12.1. The van der Waals surface area contributed by atoms with Crippen LogP contribution in [-0.4, -0.2) is 5.78 Å². The van der Waals surface area contributed by atoms with Gasteiger partial charge >= 0.3 is 6.18 Å². The molecule has 1 nitrogen and oxygen atoms in total. The first-order valence-corrected chi connectivity index (χ1v) is 6.67. The van der Waals surface area contributed by atoms with E-state index >= 15 is 0 Å². The number of hydrogen-bond donors (Lipinski definition) is 0. The molecular formula is C15H9Cl2F3O. The first-order valence-electron chi connectivity index (χ1n) is 5.92.